The molecule has 4 nitrogen and oxygen atoms in total. The molecule has 0 aliphatic rings. The molecule has 0 amide bonds. The summed E-state index contributed by atoms with van der Waals surface area (Å²) in [6.45, 7) is 2.10. The summed E-state index contributed by atoms with van der Waals surface area (Å²) in [6.07, 6.45) is 1.97. The SMILES string of the molecule is CCC(I)Cc1ccc(S(=O)(=O)[O-])cc1.[NH4+]. The third-order valence-electron chi connectivity index (χ3n) is 2.11. The number of rotatable bonds is 4. The molecule has 0 heterocycles. The van der Waals surface area contributed by atoms with Crippen molar-refractivity contribution in [2.75, 3.05) is 0 Å². The predicted octanol–water partition coefficient (Wildman–Crippen LogP) is 2.72. The lowest BCUT2D eigenvalue weighted by atomic mass is 10.1. The molecule has 0 saturated heterocycles. The van der Waals surface area contributed by atoms with Gasteiger partial charge in [0.05, 0.1) is 4.90 Å². The van der Waals surface area contributed by atoms with E-state index in [2.05, 4.69) is 29.5 Å². The van der Waals surface area contributed by atoms with Crippen molar-refractivity contribution in [2.45, 2.75) is 28.6 Å². The van der Waals surface area contributed by atoms with Crippen molar-refractivity contribution < 1.29 is 13.0 Å². The van der Waals surface area contributed by atoms with Crippen molar-refractivity contribution >= 4 is 32.7 Å². The summed E-state index contributed by atoms with van der Waals surface area (Å²) in [5, 5.41) is 0. The van der Waals surface area contributed by atoms with E-state index in [0.29, 0.717) is 3.92 Å². The Morgan fingerprint density at radius 2 is 1.81 bits per heavy atom. The molecule has 6 heteroatoms. The van der Waals surface area contributed by atoms with E-state index in [4.69, 9.17) is 0 Å². The van der Waals surface area contributed by atoms with Crippen LogP contribution in [-0.4, -0.2) is 16.9 Å². The zero-order valence-electron chi connectivity index (χ0n) is 9.31. The summed E-state index contributed by atoms with van der Waals surface area (Å²) in [6, 6.07) is 6.14. The Morgan fingerprint density at radius 1 is 1.31 bits per heavy atom. The van der Waals surface area contributed by atoms with Gasteiger partial charge in [0.2, 0.25) is 0 Å². The van der Waals surface area contributed by atoms with E-state index in [1.807, 2.05) is 0 Å². The van der Waals surface area contributed by atoms with Gasteiger partial charge < -0.3 is 10.7 Å². The number of hydrogen-bond donors (Lipinski definition) is 1. The van der Waals surface area contributed by atoms with Crippen LogP contribution in [0, 0.1) is 0 Å². The highest BCUT2D eigenvalue weighted by Gasteiger charge is 2.04. The summed E-state index contributed by atoms with van der Waals surface area (Å²) in [5.74, 6) is 0. The fourth-order valence-corrected chi connectivity index (χ4v) is 2.17. The molecule has 0 radical (unpaired) electrons. The molecule has 92 valence electrons. The van der Waals surface area contributed by atoms with Gasteiger partial charge in [-0.1, -0.05) is 41.6 Å². The van der Waals surface area contributed by atoms with Crippen molar-refractivity contribution in [3.63, 3.8) is 0 Å². The first-order chi connectivity index (χ1) is 6.93. The van der Waals surface area contributed by atoms with Gasteiger partial charge in [-0.05, 0) is 30.5 Å². The minimum atomic E-state index is -4.31. The monoisotopic (exact) mass is 357 g/mol. The molecule has 1 aromatic carbocycles. The number of benzene rings is 1. The largest absolute Gasteiger partial charge is 0.744 e. The molecule has 4 N–H and O–H groups in total. The molecule has 1 rings (SSSR count). The summed E-state index contributed by atoms with van der Waals surface area (Å²) >= 11 is 2.35. The maximum absolute atomic E-state index is 10.7. The molecule has 0 aromatic heterocycles. The van der Waals surface area contributed by atoms with Gasteiger partial charge in [-0.3, -0.25) is 0 Å². The lowest BCUT2D eigenvalue weighted by Crippen LogP contribution is -2.02. The number of alkyl halides is 1. The fraction of sp³-hybridized carbons (Fsp3) is 0.400. The number of hydrogen-bond acceptors (Lipinski definition) is 3. The Labute approximate surface area is 110 Å². The van der Waals surface area contributed by atoms with Crippen LogP contribution >= 0.6 is 22.6 Å². The first-order valence-corrected chi connectivity index (χ1v) is 7.27. The Bertz CT molecular complexity index is 416. The highest BCUT2D eigenvalue weighted by atomic mass is 127. The minimum absolute atomic E-state index is 0. The second kappa shape index (κ2) is 6.53. The maximum Gasteiger partial charge on any atom is 0.124 e. The summed E-state index contributed by atoms with van der Waals surface area (Å²) < 4.78 is 32.5. The van der Waals surface area contributed by atoms with Crippen molar-refractivity contribution in [1.29, 1.82) is 0 Å². The molecule has 0 fully saturated rings. The molecular formula is C10H16INO3S. The van der Waals surface area contributed by atoms with Crippen LogP contribution in [0.1, 0.15) is 18.9 Å². The average Bonchev–Trinajstić information content (AvgIpc) is 2.17. The van der Waals surface area contributed by atoms with Gasteiger partial charge in [0.25, 0.3) is 0 Å². The summed E-state index contributed by atoms with van der Waals surface area (Å²) in [4.78, 5) is -0.159. The third-order valence-corrected chi connectivity index (χ3v) is 4.28. The van der Waals surface area contributed by atoms with Crippen LogP contribution in [0.2, 0.25) is 0 Å². The molecule has 16 heavy (non-hydrogen) atoms. The Morgan fingerprint density at radius 3 is 2.19 bits per heavy atom. The molecule has 0 spiro atoms. The molecular weight excluding hydrogens is 341 g/mol. The summed E-state index contributed by atoms with van der Waals surface area (Å²) in [5.41, 5.74) is 1.06. The third kappa shape index (κ3) is 4.77. The smallest absolute Gasteiger partial charge is 0.124 e. The van der Waals surface area contributed by atoms with Gasteiger partial charge in [0, 0.05) is 3.92 Å². The molecule has 1 atom stereocenters. The van der Waals surface area contributed by atoms with Gasteiger partial charge in [-0.15, -0.1) is 0 Å². The van der Waals surface area contributed by atoms with E-state index < -0.39 is 10.1 Å². The average molecular weight is 357 g/mol. The Hall–Kier alpha value is -0.180. The number of quaternary nitrogens is 1. The topological polar surface area (TPSA) is 93.7 Å². The first-order valence-electron chi connectivity index (χ1n) is 4.62. The molecule has 0 bridgehead atoms. The Balaban J connectivity index is 0.00000225. The Kier molecular flexibility index (Phi) is 6.46. The van der Waals surface area contributed by atoms with Crippen LogP contribution in [0.4, 0.5) is 0 Å². The maximum atomic E-state index is 10.7. The zero-order chi connectivity index (χ0) is 11.5. The molecule has 0 aliphatic carbocycles. The van der Waals surface area contributed by atoms with Gasteiger partial charge in [-0.2, -0.15) is 0 Å². The molecule has 1 aromatic rings. The van der Waals surface area contributed by atoms with Crippen molar-refractivity contribution in [3.8, 4) is 0 Å². The van der Waals surface area contributed by atoms with Crippen LogP contribution in [0.3, 0.4) is 0 Å². The highest BCUT2D eigenvalue weighted by Crippen LogP contribution is 2.16. The van der Waals surface area contributed by atoms with Gasteiger partial charge in [0.1, 0.15) is 10.1 Å². The lowest BCUT2D eigenvalue weighted by Gasteiger charge is -2.09. The standard InChI is InChI=1S/C10H13IO3S.H3N/c1-2-9(11)7-8-3-5-10(6-4-8)15(12,13)14;/h3-6,9H,2,7H2,1H3,(H,12,13,14);1H3. The van der Waals surface area contributed by atoms with E-state index in [1.54, 1.807) is 12.1 Å². The lowest BCUT2D eigenvalue weighted by molar-refractivity contribution is 0.463. The van der Waals surface area contributed by atoms with Crippen LogP contribution in [0.15, 0.2) is 29.2 Å². The van der Waals surface area contributed by atoms with Crippen molar-refractivity contribution in [3.05, 3.63) is 29.8 Å². The van der Waals surface area contributed by atoms with E-state index in [-0.39, 0.29) is 11.0 Å². The van der Waals surface area contributed by atoms with Gasteiger partial charge >= 0.3 is 0 Å². The van der Waals surface area contributed by atoms with Gasteiger partial charge in [0.15, 0.2) is 0 Å². The van der Waals surface area contributed by atoms with E-state index in [9.17, 15) is 13.0 Å². The summed E-state index contributed by atoms with van der Waals surface area (Å²) in [7, 11) is -4.31. The van der Waals surface area contributed by atoms with Crippen LogP contribution in [0.5, 0.6) is 0 Å². The second-order valence-electron chi connectivity index (χ2n) is 3.31. The quantitative estimate of drug-likeness (QED) is 0.510. The normalized spacial score (nSPS) is 12.9. The van der Waals surface area contributed by atoms with Crippen molar-refractivity contribution in [2.24, 2.45) is 0 Å². The highest BCUT2D eigenvalue weighted by molar-refractivity contribution is 14.1. The van der Waals surface area contributed by atoms with E-state index >= 15 is 0 Å². The second-order valence-corrected chi connectivity index (χ2v) is 6.45. The van der Waals surface area contributed by atoms with Crippen molar-refractivity contribution in [1.82, 2.24) is 6.15 Å². The minimum Gasteiger partial charge on any atom is -0.744 e. The first kappa shape index (κ1) is 15.8. The van der Waals surface area contributed by atoms with E-state index in [1.165, 1.54) is 12.1 Å². The zero-order valence-corrected chi connectivity index (χ0v) is 12.3. The number of halogens is 1. The predicted molar refractivity (Wildman–Crippen MR) is 72.2 cm³/mol. The molecule has 1 unspecified atom stereocenters. The van der Waals surface area contributed by atoms with E-state index in [0.717, 1.165) is 18.4 Å². The van der Waals surface area contributed by atoms with Crippen LogP contribution in [0.25, 0.3) is 0 Å². The molecule has 0 aliphatic heterocycles. The molecule has 0 saturated carbocycles. The fourth-order valence-electron chi connectivity index (χ4n) is 1.19. The van der Waals surface area contributed by atoms with Crippen LogP contribution in [-0.2, 0) is 16.5 Å². The van der Waals surface area contributed by atoms with Gasteiger partial charge in [-0.25, -0.2) is 8.42 Å². The van der Waals surface area contributed by atoms with Crippen LogP contribution < -0.4 is 6.15 Å².